The second kappa shape index (κ2) is 3.49. The molecule has 0 radical (unpaired) electrons. The van der Waals surface area contributed by atoms with Crippen molar-refractivity contribution < 1.29 is 0 Å². The lowest BCUT2D eigenvalue weighted by Crippen LogP contribution is -2.13. The van der Waals surface area contributed by atoms with Crippen molar-refractivity contribution in [3.05, 3.63) is 30.1 Å². The van der Waals surface area contributed by atoms with E-state index in [0.717, 1.165) is 21.6 Å². The molecule has 1 heterocycles. The highest BCUT2D eigenvalue weighted by Crippen LogP contribution is 2.22. The highest BCUT2D eigenvalue weighted by Gasteiger charge is 2.16. The lowest BCUT2D eigenvalue weighted by Gasteiger charge is -2.17. The Kier molecular flexibility index (Phi) is 2.43. The molecule has 0 unspecified atom stereocenters. The minimum Gasteiger partial charge on any atom is -0.253 e. The van der Waals surface area contributed by atoms with Crippen molar-refractivity contribution in [3.63, 3.8) is 0 Å². The average molecular weight is 218 g/mol. The molecule has 2 rings (SSSR count). The summed E-state index contributed by atoms with van der Waals surface area (Å²) in [6.45, 7) is 6.40. The summed E-state index contributed by atoms with van der Waals surface area (Å²) in [6, 6.07) is 5.81. The van der Waals surface area contributed by atoms with Gasteiger partial charge in [-0.15, -0.1) is 12.6 Å². The number of rotatable bonds is 0. The zero-order valence-electron chi connectivity index (χ0n) is 9.15. The van der Waals surface area contributed by atoms with E-state index in [2.05, 4.69) is 43.4 Å². The average Bonchev–Trinajstić information content (AvgIpc) is 2.15. The fourth-order valence-electron chi connectivity index (χ4n) is 1.36. The van der Waals surface area contributed by atoms with Gasteiger partial charge in [-0.3, -0.25) is 4.98 Å². The van der Waals surface area contributed by atoms with Crippen LogP contribution in [0.2, 0.25) is 0 Å². The van der Waals surface area contributed by atoms with Gasteiger partial charge in [0, 0.05) is 16.5 Å². The van der Waals surface area contributed by atoms with E-state index < -0.39 is 0 Å². The summed E-state index contributed by atoms with van der Waals surface area (Å²) >= 11 is 4.30. The summed E-state index contributed by atoms with van der Waals surface area (Å²) < 4.78 is 0. The van der Waals surface area contributed by atoms with Gasteiger partial charge in [0.2, 0.25) is 0 Å². The summed E-state index contributed by atoms with van der Waals surface area (Å²) in [5.74, 6) is 0. The Morgan fingerprint density at radius 1 is 1.13 bits per heavy atom. The SMILES string of the molecule is CC(C)(C)c1cnc2ccc(S)cc2n1. The Hall–Kier alpha value is -1.09. The van der Waals surface area contributed by atoms with E-state index in [1.54, 1.807) is 0 Å². The van der Waals surface area contributed by atoms with Gasteiger partial charge < -0.3 is 0 Å². The molecular weight excluding hydrogens is 204 g/mol. The number of fused-ring (bicyclic) bond motifs is 1. The van der Waals surface area contributed by atoms with Gasteiger partial charge >= 0.3 is 0 Å². The molecule has 0 aliphatic heterocycles. The molecule has 0 aliphatic carbocycles. The standard InChI is InChI=1S/C12H14N2S/c1-12(2,3)11-7-13-9-5-4-8(15)6-10(9)14-11/h4-7,15H,1-3H3. The van der Waals surface area contributed by atoms with Crippen molar-refractivity contribution in [1.29, 1.82) is 0 Å². The van der Waals surface area contributed by atoms with Crippen LogP contribution >= 0.6 is 12.6 Å². The van der Waals surface area contributed by atoms with Crippen LogP contribution in [0.4, 0.5) is 0 Å². The van der Waals surface area contributed by atoms with Gasteiger partial charge in [0.25, 0.3) is 0 Å². The second-order valence-corrected chi connectivity index (χ2v) is 5.19. The first-order valence-electron chi connectivity index (χ1n) is 4.93. The van der Waals surface area contributed by atoms with Crippen LogP contribution in [-0.2, 0) is 5.41 Å². The Morgan fingerprint density at radius 3 is 2.53 bits per heavy atom. The first-order valence-corrected chi connectivity index (χ1v) is 5.38. The number of nitrogens with zero attached hydrogens (tertiary/aromatic N) is 2. The molecule has 0 saturated heterocycles. The quantitative estimate of drug-likeness (QED) is 0.687. The summed E-state index contributed by atoms with van der Waals surface area (Å²) in [5.41, 5.74) is 2.87. The predicted octanol–water partition coefficient (Wildman–Crippen LogP) is 3.22. The fourth-order valence-corrected chi connectivity index (χ4v) is 1.56. The first kappa shape index (κ1) is 10.4. The number of benzene rings is 1. The molecule has 0 atom stereocenters. The van der Waals surface area contributed by atoms with Crippen molar-refractivity contribution in [2.75, 3.05) is 0 Å². The van der Waals surface area contributed by atoms with Crippen LogP contribution in [0.25, 0.3) is 11.0 Å². The topological polar surface area (TPSA) is 25.8 Å². The third kappa shape index (κ3) is 2.12. The Balaban J connectivity index is 2.64. The van der Waals surface area contributed by atoms with Crippen LogP contribution in [-0.4, -0.2) is 9.97 Å². The Morgan fingerprint density at radius 2 is 1.87 bits per heavy atom. The van der Waals surface area contributed by atoms with E-state index in [4.69, 9.17) is 0 Å². The van der Waals surface area contributed by atoms with Crippen molar-refractivity contribution in [2.24, 2.45) is 0 Å². The van der Waals surface area contributed by atoms with Crippen LogP contribution < -0.4 is 0 Å². The maximum absolute atomic E-state index is 4.60. The van der Waals surface area contributed by atoms with E-state index >= 15 is 0 Å². The summed E-state index contributed by atoms with van der Waals surface area (Å²) in [4.78, 5) is 9.91. The van der Waals surface area contributed by atoms with Crippen molar-refractivity contribution in [1.82, 2.24) is 9.97 Å². The van der Waals surface area contributed by atoms with Gasteiger partial charge in [-0.1, -0.05) is 20.8 Å². The van der Waals surface area contributed by atoms with E-state index in [1.807, 2.05) is 24.4 Å². The van der Waals surface area contributed by atoms with Crippen LogP contribution in [0.1, 0.15) is 26.5 Å². The first-order chi connectivity index (χ1) is 6.97. The molecule has 1 aromatic heterocycles. The van der Waals surface area contributed by atoms with Crippen molar-refractivity contribution >= 4 is 23.7 Å². The van der Waals surface area contributed by atoms with Crippen molar-refractivity contribution in [3.8, 4) is 0 Å². The molecule has 2 nitrogen and oxygen atoms in total. The fraction of sp³-hybridized carbons (Fsp3) is 0.333. The van der Waals surface area contributed by atoms with Gasteiger partial charge in [0.1, 0.15) is 0 Å². The molecule has 2 aromatic rings. The molecule has 78 valence electrons. The smallest absolute Gasteiger partial charge is 0.0901 e. The zero-order valence-corrected chi connectivity index (χ0v) is 10.0. The molecule has 15 heavy (non-hydrogen) atoms. The highest BCUT2D eigenvalue weighted by atomic mass is 32.1. The van der Waals surface area contributed by atoms with Crippen molar-refractivity contribution in [2.45, 2.75) is 31.1 Å². The van der Waals surface area contributed by atoms with Crippen LogP contribution in [0.3, 0.4) is 0 Å². The van der Waals surface area contributed by atoms with Gasteiger partial charge in [0.05, 0.1) is 16.7 Å². The molecule has 0 fully saturated rings. The zero-order chi connectivity index (χ0) is 11.1. The van der Waals surface area contributed by atoms with Gasteiger partial charge in [-0.05, 0) is 18.2 Å². The maximum atomic E-state index is 4.60. The lowest BCUT2D eigenvalue weighted by molar-refractivity contribution is 0.568. The molecule has 0 spiro atoms. The molecular formula is C12H14N2S. The molecule has 3 heteroatoms. The lowest BCUT2D eigenvalue weighted by atomic mass is 9.92. The summed E-state index contributed by atoms with van der Waals surface area (Å²) in [6.07, 6.45) is 1.85. The second-order valence-electron chi connectivity index (χ2n) is 4.68. The van der Waals surface area contributed by atoms with Gasteiger partial charge in [-0.2, -0.15) is 0 Å². The predicted molar refractivity (Wildman–Crippen MR) is 65.5 cm³/mol. The molecule has 0 amide bonds. The van der Waals surface area contributed by atoms with E-state index in [1.165, 1.54) is 0 Å². The highest BCUT2D eigenvalue weighted by molar-refractivity contribution is 7.80. The van der Waals surface area contributed by atoms with E-state index in [-0.39, 0.29) is 5.41 Å². The van der Waals surface area contributed by atoms with E-state index in [0.29, 0.717) is 0 Å². The third-order valence-electron chi connectivity index (χ3n) is 2.29. The number of hydrogen-bond acceptors (Lipinski definition) is 3. The molecule has 0 bridgehead atoms. The van der Waals surface area contributed by atoms with Crippen LogP contribution in [0, 0.1) is 0 Å². The third-order valence-corrected chi connectivity index (χ3v) is 2.57. The molecule has 0 saturated carbocycles. The number of aromatic nitrogens is 2. The summed E-state index contributed by atoms with van der Waals surface area (Å²) in [7, 11) is 0. The number of thiol groups is 1. The minimum atomic E-state index is 0.0355. The normalized spacial score (nSPS) is 12.0. The molecule has 1 aromatic carbocycles. The van der Waals surface area contributed by atoms with E-state index in [9.17, 15) is 0 Å². The van der Waals surface area contributed by atoms with Gasteiger partial charge in [-0.25, -0.2) is 4.98 Å². The van der Waals surface area contributed by atoms with Gasteiger partial charge in [0.15, 0.2) is 0 Å². The molecule has 0 N–H and O–H groups in total. The van der Waals surface area contributed by atoms with Crippen LogP contribution in [0.5, 0.6) is 0 Å². The maximum Gasteiger partial charge on any atom is 0.0901 e. The number of hydrogen-bond donors (Lipinski definition) is 1. The largest absolute Gasteiger partial charge is 0.253 e. The Labute approximate surface area is 95.2 Å². The van der Waals surface area contributed by atoms with Crippen LogP contribution in [0.15, 0.2) is 29.3 Å². The Bertz CT molecular complexity index is 500. The summed E-state index contributed by atoms with van der Waals surface area (Å²) in [5, 5.41) is 0. The minimum absolute atomic E-state index is 0.0355. The monoisotopic (exact) mass is 218 g/mol. The molecule has 0 aliphatic rings.